The van der Waals surface area contributed by atoms with Crippen LogP contribution in [0.2, 0.25) is 0 Å². The molecule has 0 heterocycles. The molecule has 0 aliphatic carbocycles. The number of anilines is 1. The van der Waals surface area contributed by atoms with Gasteiger partial charge in [-0.3, -0.25) is 0 Å². The number of aromatic carboxylic acids is 1. The van der Waals surface area contributed by atoms with Gasteiger partial charge in [-0.15, -0.1) is 0 Å². The third-order valence-electron chi connectivity index (χ3n) is 3.33. The summed E-state index contributed by atoms with van der Waals surface area (Å²) in [4.78, 5) is 13.2. The van der Waals surface area contributed by atoms with Gasteiger partial charge in [0.05, 0.1) is 5.69 Å². The van der Waals surface area contributed by atoms with Crippen molar-refractivity contribution >= 4 is 11.7 Å². The Bertz CT molecular complexity index is 626. The fourth-order valence-corrected chi connectivity index (χ4v) is 2.29. The van der Waals surface area contributed by atoms with Crippen molar-refractivity contribution in [3.8, 4) is 0 Å². The molecule has 2 aromatic carbocycles. The van der Waals surface area contributed by atoms with E-state index < -0.39 is 11.8 Å². The molecule has 0 saturated carbocycles. The van der Waals surface area contributed by atoms with E-state index in [1.54, 1.807) is 6.07 Å². The van der Waals surface area contributed by atoms with Crippen molar-refractivity contribution in [1.29, 1.82) is 0 Å². The van der Waals surface area contributed by atoms with Crippen LogP contribution in [0.5, 0.6) is 0 Å². The second kappa shape index (κ2) is 6.39. The van der Waals surface area contributed by atoms with Gasteiger partial charge in [0.25, 0.3) is 0 Å². The molecule has 0 bridgehead atoms. The summed E-state index contributed by atoms with van der Waals surface area (Å²) in [6.45, 7) is 4.45. The summed E-state index contributed by atoms with van der Waals surface area (Å²) in [6, 6.07) is 14.1. The molecule has 0 radical (unpaired) electrons. The highest BCUT2D eigenvalue weighted by Crippen LogP contribution is 2.26. The molecule has 0 aromatic heterocycles. The first-order chi connectivity index (χ1) is 10.0. The summed E-state index contributed by atoms with van der Waals surface area (Å²) in [6.07, 6.45) is 0. The number of benzene rings is 2. The average molecular weight is 287 g/mol. The molecule has 21 heavy (non-hydrogen) atoms. The molecule has 2 rings (SSSR count). The number of carboxylic acids is 1. The van der Waals surface area contributed by atoms with Crippen molar-refractivity contribution in [2.45, 2.75) is 26.4 Å². The van der Waals surface area contributed by atoms with Gasteiger partial charge in [0.2, 0.25) is 0 Å². The zero-order valence-corrected chi connectivity index (χ0v) is 12.1. The highest BCUT2D eigenvalue weighted by molar-refractivity contribution is 5.94. The number of hydrogen-bond donors (Lipinski definition) is 1. The zero-order valence-electron chi connectivity index (χ0n) is 12.1. The minimum absolute atomic E-state index is 0.0464. The Morgan fingerprint density at radius 3 is 2.38 bits per heavy atom. The number of nitrogens with zero attached hydrogens (tertiary/aromatic N) is 1. The molecule has 0 fully saturated rings. The van der Waals surface area contributed by atoms with E-state index in [0.29, 0.717) is 12.2 Å². The van der Waals surface area contributed by atoms with E-state index in [2.05, 4.69) is 0 Å². The van der Waals surface area contributed by atoms with E-state index in [1.807, 2.05) is 49.1 Å². The second-order valence-electron chi connectivity index (χ2n) is 5.15. The lowest BCUT2D eigenvalue weighted by atomic mass is 10.1. The van der Waals surface area contributed by atoms with Crippen LogP contribution in [0.15, 0.2) is 48.5 Å². The maximum absolute atomic E-state index is 13.9. The van der Waals surface area contributed by atoms with Crippen LogP contribution < -0.4 is 4.90 Å². The molecule has 0 saturated heterocycles. The van der Waals surface area contributed by atoms with E-state index in [-0.39, 0.29) is 11.6 Å². The van der Waals surface area contributed by atoms with Crippen molar-refractivity contribution in [2.24, 2.45) is 0 Å². The van der Waals surface area contributed by atoms with Gasteiger partial charge in [0, 0.05) is 12.6 Å². The van der Waals surface area contributed by atoms with Gasteiger partial charge in [-0.05, 0) is 31.5 Å². The van der Waals surface area contributed by atoms with Crippen molar-refractivity contribution in [1.82, 2.24) is 0 Å². The fraction of sp³-hybridized carbons (Fsp3) is 0.235. The van der Waals surface area contributed by atoms with Gasteiger partial charge < -0.3 is 10.0 Å². The SMILES string of the molecule is CC(C)N(Cc1ccccc1)c1cccc(F)c1C(=O)O. The molecule has 110 valence electrons. The quantitative estimate of drug-likeness (QED) is 0.905. The highest BCUT2D eigenvalue weighted by Gasteiger charge is 2.22. The number of carboxylic acid groups (broad SMARTS) is 1. The maximum atomic E-state index is 13.9. The second-order valence-corrected chi connectivity index (χ2v) is 5.15. The monoisotopic (exact) mass is 287 g/mol. The number of rotatable bonds is 5. The van der Waals surface area contributed by atoms with Gasteiger partial charge in [-0.1, -0.05) is 36.4 Å². The average Bonchev–Trinajstić information content (AvgIpc) is 2.45. The van der Waals surface area contributed by atoms with Crippen LogP contribution in [-0.4, -0.2) is 17.1 Å². The normalized spacial score (nSPS) is 10.7. The molecular weight excluding hydrogens is 269 g/mol. The lowest BCUT2D eigenvalue weighted by molar-refractivity contribution is 0.0692. The highest BCUT2D eigenvalue weighted by atomic mass is 19.1. The Morgan fingerprint density at radius 1 is 1.14 bits per heavy atom. The molecule has 0 atom stereocenters. The molecule has 3 nitrogen and oxygen atoms in total. The van der Waals surface area contributed by atoms with E-state index in [4.69, 9.17) is 0 Å². The Hall–Kier alpha value is -2.36. The van der Waals surface area contributed by atoms with Gasteiger partial charge in [-0.25, -0.2) is 9.18 Å². The van der Waals surface area contributed by atoms with Crippen molar-refractivity contribution in [3.63, 3.8) is 0 Å². The molecular formula is C17H18FNO2. The van der Waals surface area contributed by atoms with Gasteiger partial charge >= 0.3 is 5.97 Å². The van der Waals surface area contributed by atoms with Crippen LogP contribution in [0.4, 0.5) is 10.1 Å². The van der Waals surface area contributed by atoms with Crippen LogP contribution in [0.25, 0.3) is 0 Å². The van der Waals surface area contributed by atoms with Crippen LogP contribution in [0, 0.1) is 5.82 Å². The summed E-state index contributed by atoms with van der Waals surface area (Å²) in [5.74, 6) is -1.96. The number of hydrogen-bond acceptors (Lipinski definition) is 2. The lowest BCUT2D eigenvalue weighted by Gasteiger charge is -2.30. The molecule has 0 spiro atoms. The molecule has 0 aliphatic heterocycles. The fourth-order valence-electron chi connectivity index (χ4n) is 2.29. The first-order valence-electron chi connectivity index (χ1n) is 6.83. The van der Waals surface area contributed by atoms with Crippen molar-refractivity contribution in [3.05, 3.63) is 65.5 Å². The van der Waals surface area contributed by atoms with E-state index in [0.717, 1.165) is 5.56 Å². The predicted octanol–water partition coefficient (Wildman–Crippen LogP) is 3.94. The molecule has 2 aromatic rings. The largest absolute Gasteiger partial charge is 0.478 e. The summed E-state index contributed by atoms with van der Waals surface area (Å²) in [5, 5.41) is 9.28. The molecule has 0 unspecified atom stereocenters. The Morgan fingerprint density at radius 2 is 1.81 bits per heavy atom. The molecule has 4 heteroatoms. The van der Waals surface area contributed by atoms with E-state index in [1.165, 1.54) is 12.1 Å². The van der Waals surface area contributed by atoms with Gasteiger partial charge in [0.15, 0.2) is 0 Å². The van der Waals surface area contributed by atoms with Crippen molar-refractivity contribution in [2.75, 3.05) is 4.90 Å². The summed E-state index contributed by atoms with van der Waals surface area (Å²) in [5.41, 5.74) is 1.18. The van der Waals surface area contributed by atoms with Crippen LogP contribution in [0.1, 0.15) is 29.8 Å². The molecule has 1 N–H and O–H groups in total. The first kappa shape index (κ1) is 15.0. The summed E-state index contributed by atoms with van der Waals surface area (Å²) in [7, 11) is 0. The summed E-state index contributed by atoms with van der Waals surface area (Å²) >= 11 is 0. The molecule has 0 amide bonds. The lowest BCUT2D eigenvalue weighted by Crippen LogP contribution is -2.31. The maximum Gasteiger partial charge on any atom is 0.340 e. The van der Waals surface area contributed by atoms with Crippen LogP contribution in [0.3, 0.4) is 0 Å². The van der Waals surface area contributed by atoms with Crippen molar-refractivity contribution < 1.29 is 14.3 Å². The Balaban J connectivity index is 2.44. The molecule has 0 aliphatic rings. The topological polar surface area (TPSA) is 40.5 Å². The predicted molar refractivity (Wildman–Crippen MR) is 81.1 cm³/mol. The standard InChI is InChI=1S/C17H18FNO2/c1-12(2)19(11-13-7-4-3-5-8-13)15-10-6-9-14(18)16(15)17(20)21/h3-10,12H,11H2,1-2H3,(H,20,21). The number of halogens is 1. The van der Waals surface area contributed by atoms with Gasteiger partial charge in [-0.2, -0.15) is 0 Å². The Labute approximate surface area is 123 Å². The summed E-state index contributed by atoms with van der Waals surface area (Å²) < 4.78 is 13.9. The van der Waals surface area contributed by atoms with Crippen LogP contribution in [-0.2, 0) is 6.54 Å². The minimum Gasteiger partial charge on any atom is -0.478 e. The number of carbonyl (C=O) groups is 1. The van der Waals surface area contributed by atoms with Crippen LogP contribution >= 0.6 is 0 Å². The third kappa shape index (κ3) is 3.40. The van der Waals surface area contributed by atoms with Gasteiger partial charge in [0.1, 0.15) is 11.4 Å². The minimum atomic E-state index is -1.25. The Kier molecular flexibility index (Phi) is 4.58. The zero-order chi connectivity index (χ0) is 15.4. The third-order valence-corrected chi connectivity index (χ3v) is 3.33. The smallest absolute Gasteiger partial charge is 0.340 e. The van der Waals surface area contributed by atoms with E-state index in [9.17, 15) is 14.3 Å². The first-order valence-corrected chi connectivity index (χ1v) is 6.83. The van der Waals surface area contributed by atoms with E-state index >= 15 is 0 Å².